The molecule has 0 radical (unpaired) electrons. The molecule has 0 aliphatic carbocycles. The van der Waals surface area contributed by atoms with Crippen molar-refractivity contribution in [3.8, 4) is 0 Å². The van der Waals surface area contributed by atoms with Crippen LogP contribution in [0.3, 0.4) is 0 Å². The highest BCUT2D eigenvalue weighted by Gasteiger charge is 2.18. The van der Waals surface area contributed by atoms with Gasteiger partial charge >= 0.3 is 5.97 Å². The van der Waals surface area contributed by atoms with Gasteiger partial charge in [0, 0.05) is 12.8 Å². The highest BCUT2D eigenvalue weighted by Crippen LogP contribution is 2.18. The van der Waals surface area contributed by atoms with Crippen molar-refractivity contribution in [2.24, 2.45) is 0 Å². The van der Waals surface area contributed by atoms with Crippen LogP contribution in [0.25, 0.3) is 0 Å². The van der Waals surface area contributed by atoms with Gasteiger partial charge in [0.2, 0.25) is 5.91 Å². The number of aliphatic hydroxyl groups excluding tert-OH is 2. The molecule has 1 amide bonds. The quantitative estimate of drug-likeness (QED) is 0.0320. The van der Waals surface area contributed by atoms with E-state index in [1.54, 1.807) is 6.08 Å². The maximum Gasteiger partial charge on any atom is 0.305 e. The lowest BCUT2D eigenvalue weighted by molar-refractivity contribution is -0.143. The van der Waals surface area contributed by atoms with Gasteiger partial charge in [-0.1, -0.05) is 320 Å². The number of aliphatic hydroxyl groups is 2. The van der Waals surface area contributed by atoms with E-state index < -0.39 is 12.1 Å². The van der Waals surface area contributed by atoms with Crippen LogP contribution in [0, 0.1) is 0 Å². The fourth-order valence-corrected chi connectivity index (χ4v) is 10.1. The molecule has 3 N–H and O–H groups in total. The maximum absolute atomic E-state index is 12.5. The van der Waals surface area contributed by atoms with Crippen LogP contribution >= 0.6 is 0 Å². The zero-order chi connectivity index (χ0) is 52.9. The fraction of sp³-hybridized carbons (Fsp3) is 0.881. The third-order valence-corrected chi connectivity index (χ3v) is 15.2. The Balaban J connectivity index is 3.45. The first-order chi connectivity index (χ1) is 36.0. The molecule has 0 aliphatic rings. The summed E-state index contributed by atoms with van der Waals surface area (Å²) in [7, 11) is 0. The summed E-state index contributed by atoms with van der Waals surface area (Å²) in [5.74, 6) is -0.0767. The minimum Gasteiger partial charge on any atom is -0.466 e. The SMILES string of the molecule is CCCC/C=C\C/C=C\CCCCCCCC(=O)OCCCCCCCCCCCCCCCCCCCCC(=O)NC(CO)C(O)/C=C/CCCCCCCCCCCCCCCCCCCCCCCC. The van der Waals surface area contributed by atoms with Gasteiger partial charge in [0.1, 0.15) is 0 Å². The Labute approximate surface area is 455 Å². The second-order valence-corrected chi connectivity index (χ2v) is 22.5. The first-order valence-corrected chi connectivity index (χ1v) is 32.8. The van der Waals surface area contributed by atoms with E-state index in [4.69, 9.17) is 4.74 Å². The number of carbonyl (C=O) groups is 2. The molecule has 0 aliphatic heterocycles. The van der Waals surface area contributed by atoms with Crippen molar-refractivity contribution < 1.29 is 24.5 Å². The molecular weight excluding hydrogens is 899 g/mol. The van der Waals surface area contributed by atoms with Crippen LogP contribution in [0.1, 0.15) is 354 Å². The Morgan fingerprint density at radius 3 is 1.08 bits per heavy atom. The monoisotopic (exact) mass is 1030 g/mol. The lowest BCUT2D eigenvalue weighted by atomic mass is 10.0. The fourth-order valence-electron chi connectivity index (χ4n) is 10.1. The Hall–Kier alpha value is -1.92. The Bertz CT molecular complexity index is 1180. The average Bonchev–Trinajstić information content (AvgIpc) is 3.39. The molecule has 0 rings (SSSR count). The summed E-state index contributed by atoms with van der Waals surface area (Å²) in [6.45, 7) is 4.87. The van der Waals surface area contributed by atoms with Crippen LogP contribution < -0.4 is 5.32 Å². The number of hydrogen-bond donors (Lipinski definition) is 3. The molecule has 73 heavy (non-hydrogen) atoms. The molecule has 0 aromatic heterocycles. The zero-order valence-electron chi connectivity index (χ0n) is 49.1. The number of ether oxygens (including phenoxy) is 1. The minimum absolute atomic E-state index is 0.00767. The zero-order valence-corrected chi connectivity index (χ0v) is 49.1. The number of rotatable bonds is 61. The standard InChI is InChI=1S/C67H127NO5/c1-3-5-7-9-11-13-15-17-19-20-21-22-23-24-25-26-29-32-35-39-43-47-51-55-59-65(70)64(63-69)68-66(71)60-56-52-48-44-40-36-33-30-27-28-31-34-38-42-46-50-54-58-62-73-67(72)61-57-53-49-45-41-37-18-16-14-12-10-8-6-4-2/h10,12,16,18,55,59,64-65,69-70H,3-9,11,13-15,17,19-54,56-58,60-63H2,1-2H3,(H,68,71)/b12-10-,18-16-,59-55+. The van der Waals surface area contributed by atoms with Crippen molar-refractivity contribution in [3.05, 3.63) is 36.5 Å². The van der Waals surface area contributed by atoms with E-state index in [1.807, 2.05) is 6.08 Å². The Morgan fingerprint density at radius 2 is 0.699 bits per heavy atom. The molecule has 0 saturated heterocycles. The molecule has 6 nitrogen and oxygen atoms in total. The molecule has 0 bridgehead atoms. The van der Waals surface area contributed by atoms with E-state index in [2.05, 4.69) is 43.5 Å². The highest BCUT2D eigenvalue weighted by molar-refractivity contribution is 5.76. The summed E-state index contributed by atoms with van der Waals surface area (Å²) < 4.78 is 5.47. The van der Waals surface area contributed by atoms with Gasteiger partial charge in [-0.05, 0) is 57.8 Å². The predicted molar refractivity (Wildman–Crippen MR) is 319 cm³/mol. The molecule has 0 fully saturated rings. The predicted octanol–water partition coefficient (Wildman–Crippen LogP) is 20.8. The van der Waals surface area contributed by atoms with E-state index in [-0.39, 0.29) is 18.5 Å². The van der Waals surface area contributed by atoms with Gasteiger partial charge < -0.3 is 20.3 Å². The van der Waals surface area contributed by atoms with E-state index in [9.17, 15) is 19.8 Å². The van der Waals surface area contributed by atoms with Gasteiger partial charge in [-0.25, -0.2) is 0 Å². The molecule has 0 aromatic carbocycles. The van der Waals surface area contributed by atoms with Gasteiger partial charge in [0.15, 0.2) is 0 Å². The summed E-state index contributed by atoms with van der Waals surface area (Å²) in [5, 5.41) is 23.2. The topological polar surface area (TPSA) is 95.9 Å². The van der Waals surface area contributed by atoms with Crippen molar-refractivity contribution in [2.75, 3.05) is 13.2 Å². The summed E-state index contributed by atoms with van der Waals surface area (Å²) in [6, 6.07) is -0.633. The largest absolute Gasteiger partial charge is 0.466 e. The van der Waals surface area contributed by atoms with Crippen molar-refractivity contribution >= 4 is 11.9 Å². The number of esters is 1. The van der Waals surface area contributed by atoms with Crippen LogP contribution in [0.4, 0.5) is 0 Å². The minimum atomic E-state index is -0.849. The van der Waals surface area contributed by atoms with Gasteiger partial charge in [0.25, 0.3) is 0 Å². The van der Waals surface area contributed by atoms with Gasteiger partial charge in [0.05, 0.1) is 25.4 Å². The summed E-state index contributed by atoms with van der Waals surface area (Å²) in [5.41, 5.74) is 0. The van der Waals surface area contributed by atoms with Gasteiger partial charge in [-0.15, -0.1) is 0 Å². The molecule has 0 heterocycles. The third-order valence-electron chi connectivity index (χ3n) is 15.2. The van der Waals surface area contributed by atoms with Gasteiger partial charge in [-0.2, -0.15) is 0 Å². The molecule has 0 aromatic rings. The third kappa shape index (κ3) is 59.2. The average molecular weight is 1030 g/mol. The van der Waals surface area contributed by atoms with Crippen molar-refractivity contribution in [1.29, 1.82) is 0 Å². The van der Waals surface area contributed by atoms with E-state index in [0.29, 0.717) is 19.4 Å². The maximum atomic E-state index is 12.5. The van der Waals surface area contributed by atoms with E-state index >= 15 is 0 Å². The molecule has 0 spiro atoms. The summed E-state index contributed by atoms with van der Waals surface area (Å²) >= 11 is 0. The smallest absolute Gasteiger partial charge is 0.305 e. The highest BCUT2D eigenvalue weighted by atomic mass is 16.5. The second kappa shape index (κ2) is 62.6. The Kier molecular flexibility index (Phi) is 61.0. The summed E-state index contributed by atoms with van der Waals surface area (Å²) in [6.07, 6.45) is 79.1. The number of amides is 1. The molecular formula is C67H127NO5. The van der Waals surface area contributed by atoms with Crippen molar-refractivity contribution in [2.45, 2.75) is 366 Å². The molecule has 430 valence electrons. The van der Waals surface area contributed by atoms with Crippen LogP contribution in [-0.4, -0.2) is 47.4 Å². The van der Waals surface area contributed by atoms with Crippen molar-refractivity contribution in [3.63, 3.8) is 0 Å². The number of nitrogens with one attached hydrogen (secondary N) is 1. The van der Waals surface area contributed by atoms with Crippen molar-refractivity contribution in [1.82, 2.24) is 5.32 Å². The van der Waals surface area contributed by atoms with Crippen LogP contribution in [-0.2, 0) is 14.3 Å². The lowest BCUT2D eigenvalue weighted by Crippen LogP contribution is -2.45. The number of hydrogen-bond acceptors (Lipinski definition) is 5. The first kappa shape index (κ1) is 71.1. The lowest BCUT2D eigenvalue weighted by Gasteiger charge is -2.20. The van der Waals surface area contributed by atoms with E-state index in [0.717, 1.165) is 51.4 Å². The molecule has 6 heteroatoms. The number of allylic oxidation sites excluding steroid dienone is 5. The molecule has 2 atom stereocenters. The van der Waals surface area contributed by atoms with Crippen LogP contribution in [0.15, 0.2) is 36.5 Å². The second-order valence-electron chi connectivity index (χ2n) is 22.5. The number of unbranched alkanes of at least 4 members (excludes halogenated alkanes) is 46. The first-order valence-electron chi connectivity index (χ1n) is 32.8. The van der Waals surface area contributed by atoms with Crippen LogP contribution in [0.5, 0.6) is 0 Å². The van der Waals surface area contributed by atoms with E-state index in [1.165, 1.54) is 276 Å². The van der Waals surface area contributed by atoms with Crippen LogP contribution in [0.2, 0.25) is 0 Å². The Morgan fingerprint density at radius 1 is 0.384 bits per heavy atom. The molecule has 2 unspecified atom stereocenters. The van der Waals surface area contributed by atoms with Gasteiger partial charge in [-0.3, -0.25) is 9.59 Å². The normalized spacial score (nSPS) is 12.8. The molecule has 0 saturated carbocycles. The summed E-state index contributed by atoms with van der Waals surface area (Å²) in [4.78, 5) is 24.6. The number of carbonyl (C=O) groups excluding carboxylic acids is 2.